The van der Waals surface area contributed by atoms with E-state index in [-0.39, 0.29) is 52.4 Å². The number of hydrogen-bond donors (Lipinski definition) is 16. The molecule has 0 aromatic rings. The normalized spacial score (nSPS) is 18.4. The largest absolute Gasteiger partial charge is 0.339 e. The van der Waals surface area contributed by atoms with Gasteiger partial charge in [0.2, 0.25) is 0 Å². The van der Waals surface area contributed by atoms with E-state index in [1.807, 2.05) is 0 Å². The van der Waals surface area contributed by atoms with Crippen LogP contribution < -0.4 is 0 Å². The summed E-state index contributed by atoms with van der Waals surface area (Å²) < 4.78 is 89.7. The van der Waals surface area contributed by atoms with Crippen LogP contribution in [0, 0.1) is 0 Å². The highest BCUT2D eigenvalue weighted by atomic mass is 31.2. The number of rotatable bonds is 19. The molecule has 0 atom stereocenters. The quantitative estimate of drug-likeness (QED) is 0.0547. The smallest absolute Gasteiger partial charge is 0.324 e. The molecule has 338 valence electrons. The first-order valence-electron chi connectivity index (χ1n) is 15.4. The van der Waals surface area contributed by atoms with E-state index in [0.717, 1.165) is 0 Å². The van der Waals surface area contributed by atoms with E-state index in [9.17, 15) is 75.7 Å². The minimum absolute atomic E-state index is 0.00659. The van der Waals surface area contributed by atoms with Crippen molar-refractivity contribution in [1.29, 1.82) is 0 Å². The van der Waals surface area contributed by atoms with Gasteiger partial charge in [0.05, 0.1) is 0 Å². The van der Waals surface area contributed by atoms with E-state index in [1.54, 1.807) is 0 Å². The predicted octanol–water partition coefficient (Wildman–Crippen LogP) is -4.12. The minimum Gasteiger partial charge on any atom is -0.324 e. The molecule has 38 heteroatoms. The molecule has 0 unspecified atom stereocenters. The molecule has 0 bridgehead atoms. The van der Waals surface area contributed by atoms with Crippen molar-refractivity contribution in [2.45, 2.75) is 0 Å². The topological polar surface area (TPSA) is 480 Å². The zero-order chi connectivity index (χ0) is 44.2. The van der Waals surface area contributed by atoms with Crippen LogP contribution >= 0.6 is 60.8 Å². The average Bonchev–Trinajstić information content (AvgIpc) is 2.87. The molecule has 1 aliphatic rings. The van der Waals surface area contributed by atoms with E-state index >= 15 is 0 Å². The summed E-state index contributed by atoms with van der Waals surface area (Å²) in [6.45, 7) is -1.06. The van der Waals surface area contributed by atoms with Crippen LogP contribution in [0.15, 0.2) is 0 Å². The maximum absolute atomic E-state index is 11.5. The lowest BCUT2D eigenvalue weighted by Crippen LogP contribution is -2.46. The Morgan fingerprint density at radius 1 is 0.286 bits per heavy atom. The SMILES string of the molecule is O=P(O)(O)CN(CCN(CP(=O)(O)O)CP(=O)(O)O)CP(=O)(O)O.O=P(O)(O)CN1CCN(CP(=O)(O)O)CCN(CP(=O)(O)O)CCN(CP(=O)(O)O)CC1. The first-order valence-corrected chi connectivity index (χ1v) is 29.8. The minimum atomic E-state index is -4.69. The van der Waals surface area contributed by atoms with Gasteiger partial charge in [-0.05, 0) is 0 Å². The van der Waals surface area contributed by atoms with Gasteiger partial charge in [-0.1, -0.05) is 0 Å². The second-order valence-electron chi connectivity index (χ2n) is 12.7. The molecule has 0 aromatic heterocycles. The molecule has 30 nitrogen and oxygen atoms in total. The zero-order valence-corrected chi connectivity index (χ0v) is 36.6. The molecule has 1 aliphatic heterocycles. The van der Waals surface area contributed by atoms with Crippen molar-refractivity contribution in [1.82, 2.24) is 29.4 Å². The molecular weight excluding hydrogens is 932 g/mol. The highest BCUT2D eigenvalue weighted by molar-refractivity contribution is 7.53. The van der Waals surface area contributed by atoms with Crippen molar-refractivity contribution in [3.63, 3.8) is 0 Å². The number of hydrogen-bond acceptors (Lipinski definition) is 14. The Morgan fingerprint density at radius 3 is 0.536 bits per heavy atom. The van der Waals surface area contributed by atoms with Gasteiger partial charge in [-0.15, -0.1) is 0 Å². The van der Waals surface area contributed by atoms with Gasteiger partial charge in [0.15, 0.2) is 0 Å². The summed E-state index contributed by atoms with van der Waals surface area (Å²) >= 11 is 0. The average molecular weight is 984 g/mol. The van der Waals surface area contributed by atoms with Gasteiger partial charge in [-0.3, -0.25) is 65.9 Å². The molecule has 0 saturated carbocycles. The van der Waals surface area contributed by atoms with Crippen LogP contribution in [0.25, 0.3) is 0 Å². The predicted molar refractivity (Wildman–Crippen MR) is 195 cm³/mol. The van der Waals surface area contributed by atoms with Crippen LogP contribution in [0.2, 0.25) is 0 Å². The van der Waals surface area contributed by atoms with Gasteiger partial charge in [-0.25, -0.2) is 0 Å². The third-order valence-electron chi connectivity index (χ3n) is 6.74. The van der Waals surface area contributed by atoms with E-state index in [1.165, 1.54) is 19.6 Å². The van der Waals surface area contributed by atoms with Crippen LogP contribution in [0.5, 0.6) is 0 Å². The standard InChI is InChI=1S/C12H32N4O12P4.C6H20N2O12P4/c17-29(18,19)9-13-1-2-14(10-30(20,21)22)5-6-16(12-32(26,27)28)8-7-15(4-3-13)11-31(23,24)25;9-21(10,11)3-7(4-22(12,13)14)1-2-8(5-23(15,16)17)6-24(18,19)20/h1-12H2,(H2,17,18,19)(H2,20,21,22)(H2,23,24,25)(H2,26,27,28);1-6H2,(H2,9,10,11)(H2,12,13,14)(H2,15,16,17)(H2,18,19,20). The van der Waals surface area contributed by atoms with Gasteiger partial charge < -0.3 is 78.3 Å². The molecule has 1 heterocycles. The molecule has 0 spiro atoms. The first-order chi connectivity index (χ1) is 24.7. The van der Waals surface area contributed by atoms with Crippen LogP contribution in [0.1, 0.15) is 0 Å². The molecule has 56 heavy (non-hydrogen) atoms. The Bertz CT molecular complexity index is 1350. The van der Waals surface area contributed by atoms with Gasteiger partial charge in [-0.2, -0.15) is 0 Å². The fraction of sp³-hybridized carbons (Fsp3) is 1.00. The van der Waals surface area contributed by atoms with Gasteiger partial charge in [0.1, 0.15) is 50.3 Å². The molecule has 1 fully saturated rings. The lowest BCUT2D eigenvalue weighted by Gasteiger charge is -2.34. The van der Waals surface area contributed by atoms with E-state index in [4.69, 9.17) is 39.1 Å². The summed E-state index contributed by atoms with van der Waals surface area (Å²) in [5, 5.41) is 0. The Labute approximate surface area is 320 Å². The summed E-state index contributed by atoms with van der Waals surface area (Å²) in [5.74, 6) is 0. The van der Waals surface area contributed by atoms with Crippen molar-refractivity contribution in [2.75, 3.05) is 116 Å². The van der Waals surface area contributed by atoms with Crippen molar-refractivity contribution in [3.8, 4) is 0 Å². The Morgan fingerprint density at radius 2 is 0.429 bits per heavy atom. The summed E-state index contributed by atoms with van der Waals surface area (Å²) in [6.07, 6.45) is -6.77. The van der Waals surface area contributed by atoms with Crippen molar-refractivity contribution < 1.29 is 115 Å². The third-order valence-corrected chi connectivity index (χ3v) is 12.9. The van der Waals surface area contributed by atoms with Crippen molar-refractivity contribution in [2.24, 2.45) is 0 Å². The fourth-order valence-corrected chi connectivity index (χ4v) is 11.5. The van der Waals surface area contributed by atoms with Crippen LogP contribution in [0.4, 0.5) is 0 Å². The van der Waals surface area contributed by atoms with Crippen molar-refractivity contribution >= 4 is 60.8 Å². The Balaban J connectivity index is 0.00000113. The summed E-state index contributed by atoms with van der Waals surface area (Å²) in [7, 11) is -36.7. The summed E-state index contributed by atoms with van der Waals surface area (Å²) in [4.78, 5) is 152. The van der Waals surface area contributed by atoms with Crippen LogP contribution in [-0.2, 0) is 36.5 Å². The lowest BCUT2D eigenvalue weighted by molar-refractivity contribution is 0.150. The monoisotopic (exact) mass is 984 g/mol. The fourth-order valence-electron chi connectivity index (χ4n) is 4.88. The maximum Gasteiger partial charge on any atom is 0.339 e. The molecule has 0 aliphatic carbocycles. The van der Waals surface area contributed by atoms with Gasteiger partial charge in [0.25, 0.3) is 0 Å². The zero-order valence-electron chi connectivity index (χ0n) is 29.4. The maximum atomic E-state index is 11.5. The third kappa shape index (κ3) is 36.8. The first kappa shape index (κ1) is 57.0. The molecule has 0 aromatic carbocycles. The molecule has 1 rings (SSSR count). The Kier molecular flexibility index (Phi) is 23.8. The number of nitrogens with zero attached hydrogens (tertiary/aromatic N) is 6. The van der Waals surface area contributed by atoms with E-state index in [0.29, 0.717) is 9.80 Å². The Hall–Kier alpha value is 0.960. The molecule has 16 N–H and O–H groups in total. The highest BCUT2D eigenvalue weighted by Gasteiger charge is 2.31. The highest BCUT2D eigenvalue weighted by Crippen LogP contribution is 2.43. The molecular formula is C18H52N6O24P8. The summed E-state index contributed by atoms with van der Waals surface area (Å²) in [5.41, 5.74) is 0. The van der Waals surface area contributed by atoms with Gasteiger partial charge in [0, 0.05) is 65.4 Å². The molecule has 0 radical (unpaired) electrons. The van der Waals surface area contributed by atoms with Gasteiger partial charge >= 0.3 is 60.8 Å². The van der Waals surface area contributed by atoms with Crippen LogP contribution in [-0.4, -0.2) is 223 Å². The summed E-state index contributed by atoms with van der Waals surface area (Å²) in [6, 6.07) is 0. The molecule has 1 saturated heterocycles. The van der Waals surface area contributed by atoms with Crippen molar-refractivity contribution in [3.05, 3.63) is 0 Å². The lowest BCUT2D eigenvalue weighted by atomic mass is 10.4. The second kappa shape index (κ2) is 23.4. The van der Waals surface area contributed by atoms with E-state index in [2.05, 4.69) is 0 Å². The molecule has 0 amide bonds. The second-order valence-corrected chi connectivity index (χ2v) is 25.6. The van der Waals surface area contributed by atoms with E-state index < -0.39 is 124 Å². The van der Waals surface area contributed by atoms with Crippen LogP contribution in [0.3, 0.4) is 0 Å².